The average Bonchev–Trinajstić information content (AvgIpc) is 3.72. The number of H-pyrrole nitrogens is 1. The van der Waals surface area contributed by atoms with Crippen LogP contribution in [0.4, 0.5) is 0 Å². The van der Waals surface area contributed by atoms with Crippen molar-refractivity contribution in [2.45, 2.75) is 63.6 Å². The van der Waals surface area contributed by atoms with Crippen LogP contribution in [0.15, 0.2) is 48.8 Å². The van der Waals surface area contributed by atoms with Crippen molar-refractivity contribution >= 4 is 22.9 Å². The number of rotatable bonds is 9. The summed E-state index contributed by atoms with van der Waals surface area (Å²) in [5.41, 5.74) is 4.51. The molecule has 0 spiro atoms. The summed E-state index contributed by atoms with van der Waals surface area (Å²) in [5, 5.41) is 14.5. The maximum Gasteiger partial charge on any atom is 0.329 e. The largest absolute Gasteiger partial charge is 0.459 e. The van der Waals surface area contributed by atoms with Crippen molar-refractivity contribution in [3.05, 3.63) is 48.8 Å². The number of hydrogen-bond donors (Lipinski definition) is 1. The summed E-state index contributed by atoms with van der Waals surface area (Å²) in [5.74, 6) is 0.221. The fourth-order valence-electron chi connectivity index (χ4n) is 5.58. The van der Waals surface area contributed by atoms with Crippen molar-refractivity contribution in [3.8, 4) is 22.5 Å². The summed E-state index contributed by atoms with van der Waals surface area (Å²) in [6.45, 7) is 2.65. The van der Waals surface area contributed by atoms with Crippen molar-refractivity contribution in [2.24, 2.45) is 0 Å². The van der Waals surface area contributed by atoms with Crippen LogP contribution in [-0.2, 0) is 14.3 Å². The predicted molar refractivity (Wildman–Crippen MR) is 136 cm³/mol. The number of fused-ring (bicyclic) bond motifs is 3. The Balaban J connectivity index is 1.33. The molecule has 10 nitrogen and oxygen atoms in total. The molecule has 2 aromatic carbocycles. The van der Waals surface area contributed by atoms with Crippen LogP contribution in [0.25, 0.3) is 33.5 Å². The Morgan fingerprint density at radius 3 is 2.78 bits per heavy atom. The van der Waals surface area contributed by atoms with Gasteiger partial charge in [0.25, 0.3) is 0 Å². The zero-order valence-electron chi connectivity index (χ0n) is 20.7. The predicted octanol–water partition coefficient (Wildman–Crippen LogP) is 3.92. The van der Waals surface area contributed by atoms with Gasteiger partial charge in [-0.25, -0.2) is 9.78 Å². The van der Waals surface area contributed by atoms with Gasteiger partial charge >= 0.3 is 5.97 Å². The third-order valence-electron chi connectivity index (χ3n) is 7.45. The lowest BCUT2D eigenvalue weighted by Crippen LogP contribution is -2.47. The second-order valence-corrected chi connectivity index (χ2v) is 9.80. The molecule has 2 fully saturated rings. The summed E-state index contributed by atoms with van der Waals surface area (Å²) in [6.07, 6.45) is 7.15. The van der Waals surface area contributed by atoms with Crippen LogP contribution in [0.2, 0.25) is 0 Å². The van der Waals surface area contributed by atoms with E-state index in [0.717, 1.165) is 53.4 Å². The van der Waals surface area contributed by atoms with Crippen LogP contribution in [0.5, 0.6) is 0 Å². The molecule has 2 aromatic heterocycles. The van der Waals surface area contributed by atoms with Gasteiger partial charge in [0.1, 0.15) is 18.2 Å². The van der Waals surface area contributed by atoms with Crippen LogP contribution in [0, 0.1) is 0 Å². The molecule has 2 saturated heterocycles. The molecule has 0 radical (unpaired) electrons. The number of unbranched alkanes of at least 4 members (excludes halogenated alkanes) is 3. The van der Waals surface area contributed by atoms with E-state index in [9.17, 15) is 9.59 Å². The van der Waals surface area contributed by atoms with E-state index in [1.807, 2.05) is 47.0 Å². The number of aromatic amines is 1. The van der Waals surface area contributed by atoms with Crippen LogP contribution < -0.4 is 0 Å². The number of tetrazole rings is 1. The number of hydrogen-bond acceptors (Lipinski definition) is 7. The van der Waals surface area contributed by atoms with Gasteiger partial charge in [0.15, 0.2) is 0 Å². The summed E-state index contributed by atoms with van der Waals surface area (Å²) in [4.78, 5) is 32.4. The summed E-state index contributed by atoms with van der Waals surface area (Å²) in [7, 11) is 0. The van der Waals surface area contributed by atoms with Crippen molar-refractivity contribution in [2.75, 3.05) is 6.54 Å². The molecule has 6 rings (SSSR count). The highest BCUT2D eigenvalue weighted by atomic mass is 16.6. The van der Waals surface area contributed by atoms with E-state index in [4.69, 9.17) is 4.74 Å². The van der Waals surface area contributed by atoms with E-state index in [1.165, 1.54) is 0 Å². The number of amides is 1. The number of nitrogens with one attached hydrogen (secondary N) is 1. The highest BCUT2D eigenvalue weighted by Crippen LogP contribution is 2.35. The van der Waals surface area contributed by atoms with Gasteiger partial charge in [-0.05, 0) is 34.9 Å². The number of imidazole rings is 1. The van der Waals surface area contributed by atoms with Crippen LogP contribution in [0.3, 0.4) is 0 Å². The molecule has 1 amide bonds. The minimum absolute atomic E-state index is 0.0218. The minimum Gasteiger partial charge on any atom is -0.459 e. The monoisotopic (exact) mass is 499 g/mol. The Kier molecular flexibility index (Phi) is 6.15. The molecule has 4 aromatic rings. The van der Waals surface area contributed by atoms with Gasteiger partial charge in [0, 0.05) is 12.0 Å². The third-order valence-corrected chi connectivity index (χ3v) is 7.45. The zero-order valence-corrected chi connectivity index (χ0v) is 20.7. The molecule has 0 aliphatic carbocycles. The number of benzene rings is 2. The Morgan fingerprint density at radius 1 is 1.16 bits per heavy atom. The summed E-state index contributed by atoms with van der Waals surface area (Å²) < 4.78 is 7.30. The molecule has 3 atom stereocenters. The van der Waals surface area contributed by atoms with Crippen LogP contribution in [-0.4, -0.2) is 65.6 Å². The maximum atomic E-state index is 13.8. The lowest BCUT2D eigenvalue weighted by atomic mass is 9.98. The number of likely N-dealkylation sites (tertiary alicyclic amines) is 1. The Morgan fingerprint density at radius 2 is 2.03 bits per heavy atom. The molecule has 2 unspecified atom stereocenters. The van der Waals surface area contributed by atoms with Gasteiger partial charge in [0.2, 0.25) is 11.7 Å². The zero-order chi connectivity index (χ0) is 25.4. The minimum atomic E-state index is -0.460. The lowest BCUT2D eigenvalue weighted by molar-refractivity contribution is -0.158. The van der Waals surface area contributed by atoms with Gasteiger partial charge in [-0.1, -0.05) is 62.9 Å². The summed E-state index contributed by atoms with van der Waals surface area (Å²) in [6, 6.07) is 13.1. The average molecular weight is 500 g/mol. The number of nitrogens with zero attached hydrogens (tertiary/aromatic N) is 6. The molecule has 2 bridgehead atoms. The number of esters is 1. The fourth-order valence-corrected chi connectivity index (χ4v) is 5.58. The van der Waals surface area contributed by atoms with E-state index in [0.29, 0.717) is 25.2 Å². The molecule has 2 aliphatic rings. The smallest absolute Gasteiger partial charge is 0.329 e. The first kappa shape index (κ1) is 23.3. The van der Waals surface area contributed by atoms with E-state index >= 15 is 0 Å². The second kappa shape index (κ2) is 9.76. The van der Waals surface area contributed by atoms with Gasteiger partial charge in [-0.2, -0.15) is 5.21 Å². The van der Waals surface area contributed by atoms with E-state index in [-0.39, 0.29) is 18.0 Å². The quantitative estimate of drug-likeness (QED) is 0.274. The lowest BCUT2D eigenvalue weighted by Gasteiger charge is -2.30. The Bertz CT molecular complexity index is 1430. The first-order valence-electron chi connectivity index (χ1n) is 12.9. The van der Waals surface area contributed by atoms with E-state index in [1.54, 1.807) is 11.2 Å². The van der Waals surface area contributed by atoms with Crippen molar-refractivity contribution < 1.29 is 14.3 Å². The Hall–Kier alpha value is -4.08. The molecule has 1 N–H and O–H groups in total. The highest BCUT2D eigenvalue weighted by molar-refractivity contribution is 5.91. The molecule has 2 aliphatic heterocycles. The number of carbonyl (C=O) groups excluding carboxylic acids is 2. The summed E-state index contributed by atoms with van der Waals surface area (Å²) >= 11 is 0. The molecule has 190 valence electrons. The molecule has 10 heteroatoms. The van der Waals surface area contributed by atoms with Crippen molar-refractivity contribution in [3.63, 3.8) is 0 Å². The van der Waals surface area contributed by atoms with Gasteiger partial charge in [-0.15, -0.1) is 10.2 Å². The van der Waals surface area contributed by atoms with Crippen LogP contribution in [0.1, 0.15) is 51.5 Å². The van der Waals surface area contributed by atoms with Gasteiger partial charge < -0.3 is 14.2 Å². The second-order valence-electron chi connectivity index (χ2n) is 9.80. The molecule has 0 saturated carbocycles. The fraction of sp³-hybridized carbons (Fsp3) is 0.407. The van der Waals surface area contributed by atoms with Crippen LogP contribution >= 0.6 is 0 Å². The maximum absolute atomic E-state index is 13.8. The number of morpholine rings is 1. The first-order chi connectivity index (χ1) is 18.1. The first-order valence-corrected chi connectivity index (χ1v) is 12.9. The van der Waals surface area contributed by atoms with Gasteiger partial charge in [-0.3, -0.25) is 4.79 Å². The molecular weight excluding hydrogens is 470 g/mol. The number of ether oxygens (including phenoxy) is 1. The third kappa shape index (κ3) is 4.26. The standard InChI is InChI=1S/C27H29N7O3/c1-2-3-4-5-10-23(26(35)33-15-18-14-24(33)27(36)37-18)34-16-28-21-13-17(11-12-22(21)34)19-8-6-7-9-20(19)25-29-31-32-30-25/h6-9,11-13,16,18,23-24H,2-5,10,14-15H2,1H3,(H,29,30,31,32)/t18?,23?,24-/m0/s1. The van der Waals surface area contributed by atoms with E-state index in [2.05, 4.69) is 32.5 Å². The molecule has 4 heterocycles. The topological polar surface area (TPSA) is 119 Å². The van der Waals surface area contributed by atoms with Crippen molar-refractivity contribution in [1.29, 1.82) is 0 Å². The number of aromatic nitrogens is 6. The Labute approximate surface area is 214 Å². The number of carbonyl (C=O) groups is 2. The van der Waals surface area contributed by atoms with Crippen molar-refractivity contribution in [1.82, 2.24) is 35.1 Å². The van der Waals surface area contributed by atoms with E-state index < -0.39 is 12.1 Å². The normalized spacial score (nSPS) is 19.5. The molecular formula is C27H29N7O3. The highest BCUT2D eigenvalue weighted by Gasteiger charge is 2.49. The molecule has 37 heavy (non-hydrogen) atoms. The van der Waals surface area contributed by atoms with Gasteiger partial charge in [0.05, 0.1) is 23.9 Å². The SMILES string of the molecule is CCCCCCC(C(=O)N1CC2C[C@H]1C(=O)O2)n1cnc2cc(-c3ccccc3-c3nn[nH]n3)ccc21.